The van der Waals surface area contributed by atoms with Crippen molar-refractivity contribution in [3.63, 3.8) is 0 Å². The first-order valence-electron chi connectivity index (χ1n) is 8.30. The van der Waals surface area contributed by atoms with Crippen LogP contribution >= 0.6 is 0 Å². The largest absolute Gasteiger partial charge is 0.493 e. The van der Waals surface area contributed by atoms with Crippen LogP contribution in [0.2, 0.25) is 0 Å². The quantitative estimate of drug-likeness (QED) is 0.618. The van der Waals surface area contributed by atoms with Crippen molar-refractivity contribution in [2.75, 3.05) is 18.7 Å². The van der Waals surface area contributed by atoms with Gasteiger partial charge >= 0.3 is 6.61 Å². The zero-order valence-electron chi connectivity index (χ0n) is 15.4. The molecule has 0 saturated carbocycles. The first kappa shape index (κ1) is 20.6. The van der Waals surface area contributed by atoms with Gasteiger partial charge in [0, 0.05) is 29.0 Å². The summed E-state index contributed by atoms with van der Waals surface area (Å²) in [7, 11) is -2.17. The van der Waals surface area contributed by atoms with E-state index in [1.807, 2.05) is 0 Å². The van der Waals surface area contributed by atoms with E-state index in [2.05, 4.69) is 10.1 Å². The van der Waals surface area contributed by atoms with Crippen LogP contribution in [0.4, 0.5) is 14.5 Å². The van der Waals surface area contributed by atoms with Gasteiger partial charge in [-0.05, 0) is 18.2 Å². The molecule has 3 rings (SSSR count). The van der Waals surface area contributed by atoms with E-state index in [1.165, 1.54) is 25.3 Å². The van der Waals surface area contributed by atoms with Gasteiger partial charge < -0.3 is 19.2 Å². The van der Waals surface area contributed by atoms with Crippen LogP contribution in [-0.2, 0) is 15.6 Å². The van der Waals surface area contributed by atoms with Crippen LogP contribution in [0.15, 0.2) is 46.9 Å². The molecule has 0 bridgehead atoms. The number of methoxy groups -OCH3 is 1. The van der Waals surface area contributed by atoms with Crippen LogP contribution in [0, 0.1) is 0 Å². The number of rotatable bonds is 7. The first-order valence-corrected chi connectivity index (χ1v) is 10.4. The average molecular weight is 425 g/mol. The number of sulfone groups is 1. The number of nitrogens with one attached hydrogen (secondary N) is 1. The summed E-state index contributed by atoms with van der Waals surface area (Å²) in [5.41, 5.74) is 0.711. The fraction of sp³-hybridized carbons (Fsp3) is 0.211. The minimum Gasteiger partial charge on any atom is -0.493 e. The predicted octanol–water partition coefficient (Wildman–Crippen LogP) is 3.84. The third kappa shape index (κ3) is 4.83. The lowest BCUT2D eigenvalue weighted by molar-refractivity contribution is -0.0511. The minimum absolute atomic E-state index is 0.0600. The number of fused-ring (bicyclic) bond motifs is 1. The number of amides is 1. The fourth-order valence-electron chi connectivity index (χ4n) is 2.82. The summed E-state index contributed by atoms with van der Waals surface area (Å²) in [6.07, 6.45) is 1.05. The molecule has 1 N–H and O–H groups in total. The van der Waals surface area contributed by atoms with Gasteiger partial charge in [0.25, 0.3) is 5.91 Å². The van der Waals surface area contributed by atoms with E-state index in [0.717, 1.165) is 6.26 Å². The van der Waals surface area contributed by atoms with Crippen LogP contribution in [-0.4, -0.2) is 34.3 Å². The number of hydrogen-bond acceptors (Lipinski definition) is 6. The molecule has 3 aromatic rings. The highest BCUT2D eigenvalue weighted by atomic mass is 32.2. The monoisotopic (exact) mass is 425 g/mol. The average Bonchev–Trinajstić information content (AvgIpc) is 2.99. The highest BCUT2D eigenvalue weighted by Gasteiger charge is 2.24. The van der Waals surface area contributed by atoms with Crippen molar-refractivity contribution >= 4 is 32.4 Å². The van der Waals surface area contributed by atoms with Crippen molar-refractivity contribution in [1.82, 2.24) is 0 Å². The van der Waals surface area contributed by atoms with Gasteiger partial charge in [-0.2, -0.15) is 8.78 Å². The number of alkyl halides is 2. The number of ether oxygens (including phenoxy) is 2. The van der Waals surface area contributed by atoms with Crippen LogP contribution in [0.25, 0.3) is 11.0 Å². The molecular formula is C19H17F2NO6S. The van der Waals surface area contributed by atoms with E-state index in [1.54, 1.807) is 24.3 Å². The molecule has 2 aromatic carbocycles. The van der Waals surface area contributed by atoms with Gasteiger partial charge in [0.1, 0.15) is 5.58 Å². The summed E-state index contributed by atoms with van der Waals surface area (Å²) in [4.78, 5) is 12.8. The molecule has 1 heterocycles. The standard InChI is InChI=1S/C19H17F2NO6S/c1-26-15-8-7-11(9-16(15)28-19(20)21)22-18(23)17-13(10-29(2,24)25)12-5-3-4-6-14(12)27-17/h3-9,19H,10H2,1-2H3,(H,22,23). The van der Waals surface area contributed by atoms with Gasteiger partial charge in [-0.15, -0.1) is 0 Å². The van der Waals surface area contributed by atoms with Crippen LogP contribution in [0.1, 0.15) is 16.1 Å². The van der Waals surface area contributed by atoms with Gasteiger partial charge in [-0.1, -0.05) is 18.2 Å². The third-order valence-corrected chi connectivity index (χ3v) is 4.76. The zero-order valence-corrected chi connectivity index (χ0v) is 16.3. The number of hydrogen-bond donors (Lipinski definition) is 1. The molecule has 0 fully saturated rings. The van der Waals surface area contributed by atoms with Crippen LogP contribution in [0.3, 0.4) is 0 Å². The lowest BCUT2D eigenvalue weighted by Crippen LogP contribution is -2.14. The summed E-state index contributed by atoms with van der Waals surface area (Å²) in [5, 5.41) is 3.00. The van der Waals surface area contributed by atoms with E-state index >= 15 is 0 Å². The van der Waals surface area contributed by atoms with Crippen molar-refractivity contribution in [2.45, 2.75) is 12.4 Å². The Morgan fingerprint density at radius 3 is 2.55 bits per heavy atom. The molecule has 10 heteroatoms. The topological polar surface area (TPSA) is 94.8 Å². The zero-order chi connectivity index (χ0) is 21.2. The van der Waals surface area contributed by atoms with Gasteiger partial charge in [0.2, 0.25) is 0 Å². The number of carbonyl (C=O) groups excluding carboxylic acids is 1. The molecule has 154 valence electrons. The molecule has 0 aliphatic rings. The highest BCUT2D eigenvalue weighted by Crippen LogP contribution is 2.33. The Labute approximate surface area is 165 Å². The maximum Gasteiger partial charge on any atom is 0.387 e. The van der Waals surface area contributed by atoms with Crippen molar-refractivity contribution < 1.29 is 35.9 Å². The Hall–Kier alpha value is -3.14. The molecular weight excluding hydrogens is 408 g/mol. The number of anilines is 1. The molecule has 0 aliphatic carbocycles. The molecule has 0 radical (unpaired) electrons. The Bertz CT molecular complexity index is 1160. The maximum absolute atomic E-state index is 12.8. The summed E-state index contributed by atoms with van der Waals surface area (Å²) in [5.74, 6) is -1.50. The normalized spacial score (nSPS) is 11.6. The van der Waals surface area contributed by atoms with Crippen LogP contribution < -0.4 is 14.8 Å². The Morgan fingerprint density at radius 1 is 1.17 bits per heavy atom. The number of furan rings is 1. The van der Waals surface area contributed by atoms with Crippen LogP contribution in [0.5, 0.6) is 11.5 Å². The number of para-hydroxylation sites is 1. The fourth-order valence-corrected chi connectivity index (χ4v) is 3.63. The predicted molar refractivity (Wildman–Crippen MR) is 102 cm³/mol. The molecule has 7 nitrogen and oxygen atoms in total. The van der Waals surface area contributed by atoms with Crippen molar-refractivity contribution in [3.05, 3.63) is 53.8 Å². The molecule has 0 unspecified atom stereocenters. The lowest BCUT2D eigenvalue weighted by Gasteiger charge is -2.12. The molecule has 0 aliphatic heterocycles. The number of benzene rings is 2. The minimum atomic E-state index is -3.46. The Morgan fingerprint density at radius 2 is 1.90 bits per heavy atom. The van der Waals surface area contributed by atoms with Gasteiger partial charge in [0.05, 0.1) is 12.9 Å². The van der Waals surface area contributed by atoms with E-state index in [4.69, 9.17) is 9.15 Å². The summed E-state index contributed by atoms with van der Waals surface area (Å²) < 4.78 is 63.7. The van der Waals surface area contributed by atoms with Crippen molar-refractivity contribution in [1.29, 1.82) is 0 Å². The Kier molecular flexibility index (Phi) is 5.73. The van der Waals surface area contributed by atoms with Crippen molar-refractivity contribution in [3.8, 4) is 11.5 Å². The van der Waals surface area contributed by atoms with Gasteiger partial charge in [-0.25, -0.2) is 8.42 Å². The smallest absolute Gasteiger partial charge is 0.387 e. The highest BCUT2D eigenvalue weighted by molar-refractivity contribution is 7.89. The summed E-state index contributed by atoms with van der Waals surface area (Å²) in [6.45, 7) is -3.08. The maximum atomic E-state index is 12.8. The molecule has 1 aromatic heterocycles. The second-order valence-electron chi connectivity index (χ2n) is 6.17. The molecule has 0 saturated heterocycles. The van der Waals surface area contributed by atoms with E-state index < -0.39 is 28.1 Å². The van der Waals surface area contributed by atoms with E-state index in [0.29, 0.717) is 11.0 Å². The third-order valence-electron chi connectivity index (χ3n) is 3.95. The molecule has 1 amide bonds. The Balaban J connectivity index is 1.97. The number of carbonyl (C=O) groups is 1. The SMILES string of the molecule is COc1ccc(NC(=O)c2oc3ccccc3c2CS(C)(=O)=O)cc1OC(F)F. The first-order chi connectivity index (χ1) is 13.7. The second-order valence-corrected chi connectivity index (χ2v) is 8.31. The lowest BCUT2D eigenvalue weighted by atomic mass is 10.1. The second kappa shape index (κ2) is 8.08. The van der Waals surface area contributed by atoms with E-state index in [-0.39, 0.29) is 28.5 Å². The van der Waals surface area contributed by atoms with Gasteiger partial charge in [-0.3, -0.25) is 4.79 Å². The van der Waals surface area contributed by atoms with Gasteiger partial charge in [0.15, 0.2) is 27.1 Å². The summed E-state index contributed by atoms with van der Waals surface area (Å²) >= 11 is 0. The summed E-state index contributed by atoms with van der Waals surface area (Å²) in [6, 6.07) is 10.6. The van der Waals surface area contributed by atoms with Crippen molar-refractivity contribution in [2.24, 2.45) is 0 Å². The number of halogens is 2. The van der Waals surface area contributed by atoms with E-state index in [9.17, 15) is 22.0 Å². The molecule has 0 spiro atoms. The molecule has 0 atom stereocenters. The molecule has 29 heavy (non-hydrogen) atoms.